The number of benzene rings is 4. The molecule has 0 radical (unpaired) electrons. The summed E-state index contributed by atoms with van der Waals surface area (Å²) >= 11 is 3.91. The summed E-state index contributed by atoms with van der Waals surface area (Å²) in [6.07, 6.45) is 1.09. The van der Waals surface area contributed by atoms with Gasteiger partial charge in [0, 0.05) is 51.1 Å². The molecule has 2 heterocycles. The number of aryl methyl sites for hydroxylation is 2. The van der Waals surface area contributed by atoms with Crippen LogP contribution >= 0.6 is 22.7 Å². The van der Waals surface area contributed by atoms with Crippen LogP contribution in [-0.2, 0) is 6.42 Å². The Morgan fingerprint density at radius 3 is 1.36 bits per heavy atom. The molecule has 0 bridgehead atoms. The molecule has 2 aromatic heterocycles. The lowest BCUT2D eigenvalue weighted by Crippen LogP contribution is -1.78. The van der Waals surface area contributed by atoms with Gasteiger partial charge >= 0.3 is 0 Å². The zero-order valence-corrected chi connectivity index (χ0v) is 22.9. The molecule has 0 saturated heterocycles. The van der Waals surface area contributed by atoms with E-state index in [0.29, 0.717) is 0 Å². The maximum absolute atomic E-state index is 2.34. The van der Waals surface area contributed by atoms with Gasteiger partial charge in [0.05, 0.1) is 0 Å². The van der Waals surface area contributed by atoms with Gasteiger partial charge in [-0.25, -0.2) is 0 Å². The third-order valence-corrected chi connectivity index (χ3v) is 8.50. The van der Waals surface area contributed by atoms with Gasteiger partial charge in [0.15, 0.2) is 0 Å². The summed E-state index contributed by atoms with van der Waals surface area (Å²) in [7, 11) is 0. The Labute approximate surface area is 206 Å². The molecule has 0 spiro atoms. The number of rotatable bonds is 1. The summed E-state index contributed by atoms with van der Waals surface area (Å²) in [5.41, 5.74) is 2.83. The van der Waals surface area contributed by atoms with Crippen molar-refractivity contribution in [2.24, 2.45) is 0 Å². The fourth-order valence-corrected chi connectivity index (χ4v) is 7.10. The molecule has 0 fully saturated rings. The maximum atomic E-state index is 2.34. The van der Waals surface area contributed by atoms with Gasteiger partial charge in [-0.3, -0.25) is 0 Å². The molecule has 33 heavy (non-hydrogen) atoms. The van der Waals surface area contributed by atoms with Gasteiger partial charge in [0.25, 0.3) is 0 Å². The maximum Gasteiger partial charge on any atom is 0.0434 e. The van der Waals surface area contributed by atoms with Crippen LogP contribution in [0.2, 0.25) is 0 Å². The van der Waals surface area contributed by atoms with Crippen LogP contribution < -0.4 is 0 Å². The third-order valence-electron chi connectivity index (χ3n) is 5.78. The number of hydrogen-bond acceptors (Lipinski definition) is 2. The second-order valence-corrected chi connectivity index (χ2v) is 9.32. The van der Waals surface area contributed by atoms with Crippen LogP contribution in [0.4, 0.5) is 0 Å². The minimum Gasteiger partial charge on any atom is -0.134 e. The Morgan fingerprint density at radius 1 is 0.485 bits per heavy atom. The van der Waals surface area contributed by atoms with E-state index in [1.165, 1.54) is 62.2 Å². The van der Waals surface area contributed by atoms with E-state index in [1.807, 2.05) is 64.2 Å². The molecular formula is C31H36S2. The molecule has 2 heteroatoms. The van der Waals surface area contributed by atoms with Gasteiger partial charge in [0.1, 0.15) is 0 Å². The summed E-state index contributed by atoms with van der Waals surface area (Å²) in [6.45, 7) is 16.5. The van der Waals surface area contributed by atoms with E-state index < -0.39 is 0 Å². The van der Waals surface area contributed by atoms with E-state index in [2.05, 4.69) is 74.5 Å². The molecule has 0 saturated carbocycles. The van der Waals surface area contributed by atoms with Crippen LogP contribution in [0.15, 0.2) is 60.7 Å². The number of thiophene rings is 2. The topological polar surface area (TPSA) is 0 Å². The Balaban J connectivity index is 0.000000475. The van der Waals surface area contributed by atoms with Crippen molar-refractivity contribution >= 4 is 73.8 Å². The predicted octanol–water partition coefficient (Wildman–Crippen LogP) is 11.5. The smallest absolute Gasteiger partial charge is 0.0434 e. The zero-order chi connectivity index (χ0) is 24.1. The monoisotopic (exact) mass is 472 g/mol. The molecule has 4 aromatic carbocycles. The van der Waals surface area contributed by atoms with Crippen molar-refractivity contribution in [2.45, 2.75) is 61.8 Å². The highest BCUT2D eigenvalue weighted by Gasteiger charge is 2.14. The highest BCUT2D eigenvalue weighted by atomic mass is 32.1. The van der Waals surface area contributed by atoms with Crippen molar-refractivity contribution in [2.75, 3.05) is 0 Å². The quantitative estimate of drug-likeness (QED) is 0.223. The predicted molar refractivity (Wildman–Crippen MR) is 158 cm³/mol. The SMILES string of the molecule is CC.CC.CC.CCc1cccc2c1sc1c2ccc2c1ccc1c3cccc(C)c3sc12. The first kappa shape index (κ1) is 25.2. The Hall–Kier alpha value is -2.42. The van der Waals surface area contributed by atoms with Gasteiger partial charge in [-0.1, -0.05) is 109 Å². The normalized spacial score (nSPS) is 10.5. The lowest BCUT2D eigenvalue weighted by Gasteiger charge is -2.02. The summed E-state index contributed by atoms with van der Waals surface area (Å²) < 4.78 is 5.73. The highest BCUT2D eigenvalue weighted by molar-refractivity contribution is 7.28. The summed E-state index contributed by atoms with van der Waals surface area (Å²) in [4.78, 5) is 0. The summed E-state index contributed by atoms with van der Waals surface area (Å²) in [5, 5.41) is 8.37. The molecule has 0 unspecified atom stereocenters. The van der Waals surface area contributed by atoms with Gasteiger partial charge in [-0.05, 0) is 24.5 Å². The number of hydrogen-bond donors (Lipinski definition) is 0. The van der Waals surface area contributed by atoms with Crippen molar-refractivity contribution in [1.82, 2.24) is 0 Å². The van der Waals surface area contributed by atoms with Crippen molar-refractivity contribution in [3.63, 3.8) is 0 Å². The van der Waals surface area contributed by atoms with Gasteiger partial charge in [-0.15, -0.1) is 22.7 Å². The second-order valence-electron chi connectivity index (χ2n) is 7.28. The van der Waals surface area contributed by atoms with Crippen LogP contribution in [0, 0.1) is 6.92 Å². The minimum atomic E-state index is 1.09. The molecule has 0 atom stereocenters. The van der Waals surface area contributed by atoms with Crippen molar-refractivity contribution < 1.29 is 0 Å². The van der Waals surface area contributed by atoms with Crippen LogP contribution in [0.5, 0.6) is 0 Å². The molecule has 0 nitrogen and oxygen atoms in total. The molecular weight excluding hydrogens is 436 g/mol. The van der Waals surface area contributed by atoms with Crippen LogP contribution in [-0.4, -0.2) is 0 Å². The first-order valence-corrected chi connectivity index (χ1v) is 14.1. The van der Waals surface area contributed by atoms with Gasteiger partial charge < -0.3 is 0 Å². The Morgan fingerprint density at radius 2 is 0.879 bits per heavy atom. The second kappa shape index (κ2) is 11.1. The molecule has 172 valence electrons. The van der Waals surface area contributed by atoms with E-state index >= 15 is 0 Å². The average Bonchev–Trinajstić information content (AvgIpc) is 3.47. The summed E-state index contributed by atoms with van der Waals surface area (Å²) in [6, 6.07) is 22.8. The fourth-order valence-electron chi connectivity index (χ4n) is 4.39. The van der Waals surface area contributed by atoms with Crippen molar-refractivity contribution in [3.05, 3.63) is 71.8 Å². The van der Waals surface area contributed by atoms with E-state index in [1.54, 1.807) is 0 Å². The van der Waals surface area contributed by atoms with Gasteiger partial charge in [-0.2, -0.15) is 0 Å². The van der Waals surface area contributed by atoms with Gasteiger partial charge in [0.2, 0.25) is 0 Å². The molecule has 6 aromatic rings. The molecule has 0 aliphatic heterocycles. The average molecular weight is 473 g/mol. The third kappa shape index (κ3) is 4.16. The molecule has 0 aliphatic carbocycles. The minimum absolute atomic E-state index is 1.09. The number of fused-ring (bicyclic) bond motifs is 9. The standard InChI is InChI=1S/C25H18S2.3C2H6/c1-3-15-7-5-9-17-19-11-13-20-21(25(19)27-23(15)17)12-10-18-16-8-4-6-14(2)22(16)26-24(18)20;3*1-2/h4-13H,3H2,1-2H3;3*1-2H3. The molecule has 0 N–H and O–H groups in total. The lowest BCUT2D eigenvalue weighted by atomic mass is 10.0. The lowest BCUT2D eigenvalue weighted by molar-refractivity contribution is 1.16. The van der Waals surface area contributed by atoms with Crippen molar-refractivity contribution in [1.29, 1.82) is 0 Å². The first-order chi connectivity index (χ1) is 16.3. The molecule has 0 aliphatic rings. The van der Waals surface area contributed by atoms with E-state index in [0.717, 1.165) is 6.42 Å². The summed E-state index contributed by atoms with van der Waals surface area (Å²) in [5.74, 6) is 0. The fraction of sp³-hybridized carbons (Fsp3) is 0.290. The molecule has 6 rings (SSSR count). The van der Waals surface area contributed by atoms with E-state index in [-0.39, 0.29) is 0 Å². The van der Waals surface area contributed by atoms with Crippen LogP contribution in [0.25, 0.3) is 51.1 Å². The van der Waals surface area contributed by atoms with E-state index in [9.17, 15) is 0 Å². The van der Waals surface area contributed by atoms with Crippen LogP contribution in [0.3, 0.4) is 0 Å². The Kier molecular flexibility index (Phi) is 8.51. The zero-order valence-electron chi connectivity index (χ0n) is 21.3. The van der Waals surface area contributed by atoms with Crippen LogP contribution in [0.1, 0.15) is 59.6 Å². The van der Waals surface area contributed by atoms with Crippen molar-refractivity contribution in [3.8, 4) is 0 Å². The largest absolute Gasteiger partial charge is 0.134 e. The highest BCUT2D eigenvalue weighted by Crippen LogP contribution is 2.45. The van der Waals surface area contributed by atoms with E-state index in [4.69, 9.17) is 0 Å². The first-order valence-electron chi connectivity index (χ1n) is 12.4. The molecule has 0 amide bonds. The Bertz CT molecular complexity index is 1510.